The van der Waals surface area contributed by atoms with Gasteiger partial charge in [-0.1, -0.05) is 17.7 Å². The second kappa shape index (κ2) is 7.73. The molecule has 4 aliphatic carbocycles. The first-order valence-electron chi connectivity index (χ1n) is 11.0. The number of aliphatic hydroxyl groups is 1. The van der Waals surface area contributed by atoms with Gasteiger partial charge in [0.05, 0.1) is 17.1 Å². The molecule has 1 aromatic carbocycles. The molecule has 0 radical (unpaired) electrons. The topological polar surface area (TPSA) is 63.6 Å². The van der Waals surface area contributed by atoms with E-state index in [9.17, 15) is 8.42 Å². The minimum absolute atomic E-state index is 0.0382. The molecule has 4 saturated carbocycles. The van der Waals surface area contributed by atoms with Crippen molar-refractivity contribution in [2.75, 3.05) is 0 Å². The first kappa shape index (κ1) is 20.4. The predicted molar refractivity (Wildman–Crippen MR) is 110 cm³/mol. The maximum Gasteiger partial charge on any atom is 0.297 e. The summed E-state index contributed by atoms with van der Waals surface area (Å²) in [6.07, 6.45) is 14.2. The lowest BCUT2D eigenvalue weighted by Gasteiger charge is -2.27. The Bertz CT molecular complexity index is 755. The van der Waals surface area contributed by atoms with Crippen molar-refractivity contribution in [3.05, 3.63) is 29.8 Å². The van der Waals surface area contributed by atoms with E-state index in [2.05, 4.69) is 0 Å². The summed E-state index contributed by atoms with van der Waals surface area (Å²) in [7, 11) is -3.59. The molecule has 5 heteroatoms. The Labute approximate surface area is 169 Å². The van der Waals surface area contributed by atoms with E-state index >= 15 is 0 Å². The van der Waals surface area contributed by atoms with Crippen LogP contribution in [0.4, 0.5) is 0 Å². The van der Waals surface area contributed by atoms with Crippen molar-refractivity contribution in [3.63, 3.8) is 0 Å². The molecule has 2 spiro atoms. The second-order valence-electron chi connectivity index (χ2n) is 9.79. The van der Waals surface area contributed by atoms with Crippen LogP contribution < -0.4 is 0 Å². The van der Waals surface area contributed by atoms with Gasteiger partial charge in [0.15, 0.2) is 0 Å². The van der Waals surface area contributed by atoms with Crippen LogP contribution in [-0.4, -0.2) is 25.7 Å². The van der Waals surface area contributed by atoms with Gasteiger partial charge in [-0.25, -0.2) is 0 Å². The van der Waals surface area contributed by atoms with E-state index in [0.717, 1.165) is 49.5 Å². The fraction of sp³-hybridized carbons (Fsp3) is 0.739. The Morgan fingerprint density at radius 2 is 1.29 bits per heavy atom. The van der Waals surface area contributed by atoms with Crippen molar-refractivity contribution >= 4 is 10.1 Å². The first-order valence-corrected chi connectivity index (χ1v) is 12.4. The fourth-order valence-electron chi connectivity index (χ4n) is 4.81. The van der Waals surface area contributed by atoms with Gasteiger partial charge in [0.25, 0.3) is 10.1 Å². The number of hydrogen-bond acceptors (Lipinski definition) is 4. The van der Waals surface area contributed by atoms with E-state index in [1.165, 1.54) is 38.5 Å². The SMILES string of the molecule is Cc1ccc(S(=O)(=O)OC2CCC3(CC2)CC3)cc1.OC1CCC2(CC1)CC2. The van der Waals surface area contributed by atoms with Gasteiger partial charge >= 0.3 is 0 Å². The molecule has 0 atom stereocenters. The molecule has 4 nitrogen and oxygen atoms in total. The monoisotopic (exact) mass is 406 g/mol. The number of benzene rings is 1. The standard InChI is InChI=1S/C15H20O3S.C8H14O/c1-12-2-4-14(5-3-12)19(16,17)18-13-6-8-15(9-7-13)10-11-15;9-7-1-3-8(4-2-7)5-6-8/h2-5,13H,6-11H2,1H3;7,9H,1-6H2. The van der Waals surface area contributed by atoms with Gasteiger partial charge in [0.1, 0.15) is 0 Å². The molecule has 4 fully saturated rings. The van der Waals surface area contributed by atoms with Crippen LogP contribution in [0, 0.1) is 17.8 Å². The van der Waals surface area contributed by atoms with E-state index in [1.54, 1.807) is 24.3 Å². The van der Waals surface area contributed by atoms with Crippen molar-refractivity contribution in [1.29, 1.82) is 0 Å². The Morgan fingerprint density at radius 1 is 0.821 bits per heavy atom. The number of aryl methyl sites for hydroxylation is 1. The third-order valence-corrected chi connectivity index (χ3v) is 8.87. The summed E-state index contributed by atoms with van der Waals surface area (Å²) in [6.45, 7) is 1.94. The summed E-state index contributed by atoms with van der Waals surface area (Å²) in [6, 6.07) is 6.85. The third-order valence-electron chi connectivity index (χ3n) is 7.50. The third kappa shape index (κ3) is 4.98. The van der Waals surface area contributed by atoms with Gasteiger partial charge in [0.2, 0.25) is 0 Å². The molecule has 0 saturated heterocycles. The van der Waals surface area contributed by atoms with E-state index in [1.807, 2.05) is 6.92 Å². The smallest absolute Gasteiger partial charge is 0.297 e. The van der Waals surface area contributed by atoms with Gasteiger partial charge < -0.3 is 5.11 Å². The first-order chi connectivity index (χ1) is 13.3. The molecule has 0 heterocycles. The lowest BCUT2D eigenvalue weighted by Crippen LogP contribution is -2.25. The van der Waals surface area contributed by atoms with Crippen molar-refractivity contribution in [3.8, 4) is 0 Å². The summed E-state index contributed by atoms with van der Waals surface area (Å²) < 4.78 is 29.7. The molecule has 28 heavy (non-hydrogen) atoms. The summed E-state index contributed by atoms with van der Waals surface area (Å²) >= 11 is 0. The predicted octanol–water partition coefficient (Wildman–Crippen LogP) is 5.12. The highest BCUT2D eigenvalue weighted by Gasteiger charge is 2.46. The van der Waals surface area contributed by atoms with Gasteiger partial charge in [-0.3, -0.25) is 4.18 Å². The number of hydrogen-bond donors (Lipinski definition) is 1. The van der Waals surface area contributed by atoms with Crippen molar-refractivity contribution in [2.45, 2.75) is 101 Å². The minimum atomic E-state index is -3.59. The maximum absolute atomic E-state index is 12.2. The summed E-state index contributed by atoms with van der Waals surface area (Å²) in [5.74, 6) is 0. The highest BCUT2D eigenvalue weighted by atomic mass is 32.2. The quantitative estimate of drug-likeness (QED) is 0.707. The van der Waals surface area contributed by atoms with Crippen LogP contribution in [0.15, 0.2) is 29.2 Å². The van der Waals surface area contributed by atoms with Crippen LogP contribution in [0.25, 0.3) is 0 Å². The Balaban J connectivity index is 0.000000177. The molecule has 156 valence electrons. The molecule has 0 aliphatic heterocycles. The average Bonchev–Trinajstić information content (AvgIpc) is 3.60. The van der Waals surface area contributed by atoms with Crippen LogP contribution in [0.5, 0.6) is 0 Å². The summed E-state index contributed by atoms with van der Waals surface area (Å²) in [5.41, 5.74) is 2.36. The molecule has 4 aliphatic rings. The molecule has 0 aromatic heterocycles. The lowest BCUT2D eigenvalue weighted by molar-refractivity contribution is 0.102. The Morgan fingerprint density at radius 3 is 1.75 bits per heavy atom. The van der Waals surface area contributed by atoms with Crippen LogP contribution in [-0.2, 0) is 14.3 Å². The van der Waals surface area contributed by atoms with E-state index in [-0.39, 0.29) is 17.1 Å². The van der Waals surface area contributed by atoms with Gasteiger partial charge in [-0.15, -0.1) is 0 Å². The largest absolute Gasteiger partial charge is 0.393 e. The summed E-state index contributed by atoms with van der Waals surface area (Å²) in [4.78, 5) is 0.268. The minimum Gasteiger partial charge on any atom is -0.393 e. The fourth-order valence-corrected chi connectivity index (χ4v) is 5.94. The number of rotatable bonds is 3. The van der Waals surface area contributed by atoms with Crippen LogP contribution in [0.1, 0.15) is 82.6 Å². The van der Waals surface area contributed by atoms with Gasteiger partial charge in [-0.05, 0) is 107 Å². The Hall–Kier alpha value is -0.910. The zero-order chi connectivity index (χ0) is 19.8. The molecule has 0 amide bonds. The lowest BCUT2D eigenvalue weighted by atomic mass is 9.85. The average molecular weight is 407 g/mol. The molecule has 0 unspecified atom stereocenters. The molecular formula is C23H34O4S. The highest BCUT2D eigenvalue weighted by Crippen LogP contribution is 2.57. The van der Waals surface area contributed by atoms with Crippen molar-refractivity contribution < 1.29 is 17.7 Å². The van der Waals surface area contributed by atoms with Crippen molar-refractivity contribution in [2.24, 2.45) is 10.8 Å². The molecular weight excluding hydrogens is 372 g/mol. The van der Waals surface area contributed by atoms with Gasteiger partial charge in [0, 0.05) is 0 Å². The molecule has 0 bridgehead atoms. The summed E-state index contributed by atoms with van der Waals surface area (Å²) in [5, 5.41) is 9.17. The zero-order valence-corrected chi connectivity index (χ0v) is 17.8. The zero-order valence-electron chi connectivity index (χ0n) is 17.0. The normalized spacial score (nSPS) is 27.9. The van der Waals surface area contributed by atoms with Crippen LogP contribution in [0.2, 0.25) is 0 Å². The van der Waals surface area contributed by atoms with Crippen LogP contribution >= 0.6 is 0 Å². The van der Waals surface area contributed by atoms with Gasteiger partial charge in [-0.2, -0.15) is 8.42 Å². The molecule has 1 aromatic rings. The molecule has 1 N–H and O–H groups in total. The van der Waals surface area contributed by atoms with Crippen molar-refractivity contribution in [1.82, 2.24) is 0 Å². The van der Waals surface area contributed by atoms with E-state index in [0.29, 0.717) is 5.41 Å². The highest BCUT2D eigenvalue weighted by molar-refractivity contribution is 7.86. The van der Waals surface area contributed by atoms with Crippen LogP contribution in [0.3, 0.4) is 0 Å². The Kier molecular flexibility index (Phi) is 5.62. The number of aliphatic hydroxyl groups excluding tert-OH is 1. The van der Waals surface area contributed by atoms with E-state index < -0.39 is 10.1 Å². The maximum atomic E-state index is 12.2. The second-order valence-corrected chi connectivity index (χ2v) is 11.4. The van der Waals surface area contributed by atoms with E-state index in [4.69, 9.17) is 9.29 Å². The molecule has 5 rings (SSSR count).